The molecule has 0 unspecified atom stereocenters. The summed E-state index contributed by atoms with van der Waals surface area (Å²) in [5.41, 5.74) is 0. The van der Waals surface area contributed by atoms with Gasteiger partial charge in [0.1, 0.15) is 5.82 Å². The van der Waals surface area contributed by atoms with E-state index in [4.69, 9.17) is 11.6 Å². The average molecular weight is 340 g/mol. The van der Waals surface area contributed by atoms with Crippen molar-refractivity contribution in [3.8, 4) is 5.75 Å². The molecule has 0 saturated heterocycles. The van der Waals surface area contributed by atoms with Gasteiger partial charge in [-0.05, 0) is 34.7 Å². The van der Waals surface area contributed by atoms with Crippen molar-refractivity contribution in [3.63, 3.8) is 0 Å². The monoisotopic (exact) mass is 340 g/mol. The average Bonchev–Trinajstić information content (AvgIpc) is 2.04. The Morgan fingerprint density at radius 1 is 1.29 bits per heavy atom. The third kappa shape index (κ3) is 2.88. The maximum absolute atomic E-state index is 12.8. The molecule has 14 heavy (non-hydrogen) atoms. The van der Waals surface area contributed by atoms with E-state index >= 15 is 0 Å². The van der Waals surface area contributed by atoms with Crippen molar-refractivity contribution in [2.45, 2.75) is 6.36 Å². The van der Waals surface area contributed by atoms with Gasteiger partial charge in [-0.1, -0.05) is 11.6 Å². The molecule has 0 aliphatic rings. The molecule has 78 valence electrons. The first-order valence-corrected chi connectivity index (χ1v) is 4.66. The highest BCUT2D eigenvalue weighted by Crippen LogP contribution is 2.35. The summed E-state index contributed by atoms with van der Waals surface area (Å²) in [7, 11) is 0. The van der Waals surface area contributed by atoms with E-state index in [1.165, 1.54) is 22.6 Å². The highest BCUT2D eigenvalue weighted by Gasteiger charge is 2.33. The number of hydrogen-bond donors (Lipinski definition) is 0. The van der Waals surface area contributed by atoms with Gasteiger partial charge in [0.2, 0.25) is 0 Å². The van der Waals surface area contributed by atoms with E-state index in [2.05, 4.69) is 4.74 Å². The molecule has 0 radical (unpaired) electrons. The van der Waals surface area contributed by atoms with E-state index in [9.17, 15) is 17.6 Å². The fourth-order valence-corrected chi connectivity index (χ4v) is 1.65. The van der Waals surface area contributed by atoms with Crippen LogP contribution in [0, 0.1) is 9.39 Å². The molecule has 0 bridgehead atoms. The van der Waals surface area contributed by atoms with Crippen molar-refractivity contribution in [1.82, 2.24) is 0 Å². The summed E-state index contributed by atoms with van der Waals surface area (Å²) in [6.45, 7) is 0. The molecule has 0 amide bonds. The Balaban J connectivity index is 3.13. The van der Waals surface area contributed by atoms with Crippen LogP contribution in [-0.2, 0) is 0 Å². The van der Waals surface area contributed by atoms with Gasteiger partial charge in [-0.25, -0.2) is 4.39 Å². The van der Waals surface area contributed by atoms with Gasteiger partial charge >= 0.3 is 6.36 Å². The van der Waals surface area contributed by atoms with Crippen LogP contribution in [0.5, 0.6) is 5.75 Å². The normalized spacial score (nSPS) is 11.6. The lowest BCUT2D eigenvalue weighted by atomic mass is 10.3. The number of alkyl halides is 3. The molecule has 0 N–H and O–H groups in total. The fourth-order valence-electron chi connectivity index (χ4n) is 0.718. The number of benzene rings is 1. The number of hydrogen-bond acceptors (Lipinski definition) is 1. The second-order valence-corrected chi connectivity index (χ2v) is 3.71. The van der Waals surface area contributed by atoms with E-state index in [-0.39, 0.29) is 8.59 Å². The lowest BCUT2D eigenvalue weighted by molar-refractivity contribution is -0.275. The molecule has 1 nitrogen and oxygen atoms in total. The Kier molecular flexibility index (Phi) is 3.46. The molecule has 1 aromatic carbocycles. The first-order valence-electron chi connectivity index (χ1n) is 3.20. The van der Waals surface area contributed by atoms with E-state index in [1.807, 2.05) is 0 Å². The molecule has 0 spiro atoms. The molecule has 0 saturated carbocycles. The standard InChI is InChI=1S/C7H2ClF4IO/c8-3-1-2-4(9)5(13)6(3)14-7(10,11)12/h1-2H. The molecule has 1 aromatic rings. The summed E-state index contributed by atoms with van der Waals surface area (Å²) in [4.78, 5) is 0. The van der Waals surface area contributed by atoms with Gasteiger partial charge in [-0.15, -0.1) is 13.2 Å². The Morgan fingerprint density at radius 3 is 2.36 bits per heavy atom. The third-order valence-electron chi connectivity index (χ3n) is 1.22. The second kappa shape index (κ2) is 4.09. The Hall–Kier alpha value is -0.240. The van der Waals surface area contributed by atoms with E-state index in [0.717, 1.165) is 12.1 Å². The highest BCUT2D eigenvalue weighted by atomic mass is 127. The maximum atomic E-state index is 12.8. The second-order valence-electron chi connectivity index (χ2n) is 2.22. The highest BCUT2D eigenvalue weighted by molar-refractivity contribution is 14.1. The smallest absolute Gasteiger partial charge is 0.403 e. The molecule has 0 fully saturated rings. The van der Waals surface area contributed by atoms with Gasteiger partial charge in [-0.3, -0.25) is 0 Å². The predicted molar refractivity (Wildman–Crippen MR) is 50.8 cm³/mol. The van der Waals surface area contributed by atoms with Gasteiger partial charge < -0.3 is 4.74 Å². The number of halogens is 6. The largest absolute Gasteiger partial charge is 0.573 e. The molecule has 0 heterocycles. The third-order valence-corrected chi connectivity index (χ3v) is 2.52. The van der Waals surface area contributed by atoms with Crippen LogP contribution in [0.15, 0.2) is 12.1 Å². The summed E-state index contributed by atoms with van der Waals surface area (Å²) in [6, 6.07) is 1.97. The Bertz CT molecular complexity index is 352. The van der Waals surface area contributed by atoms with Crippen molar-refractivity contribution in [2.24, 2.45) is 0 Å². The minimum Gasteiger partial charge on any atom is -0.403 e. The Morgan fingerprint density at radius 2 is 1.86 bits per heavy atom. The van der Waals surface area contributed by atoms with Crippen molar-refractivity contribution in [3.05, 3.63) is 26.5 Å². The zero-order valence-corrected chi connectivity index (χ0v) is 9.24. The van der Waals surface area contributed by atoms with E-state index in [0.29, 0.717) is 0 Å². The summed E-state index contributed by atoms with van der Waals surface area (Å²) in [5, 5.41) is -0.284. The van der Waals surface area contributed by atoms with Crippen molar-refractivity contribution in [1.29, 1.82) is 0 Å². The van der Waals surface area contributed by atoms with Gasteiger partial charge in [0.05, 0.1) is 8.59 Å². The fraction of sp³-hybridized carbons (Fsp3) is 0.143. The Labute approximate surface area is 95.1 Å². The van der Waals surface area contributed by atoms with Gasteiger partial charge in [0.25, 0.3) is 0 Å². The summed E-state index contributed by atoms with van der Waals surface area (Å²) >= 11 is 6.80. The molecular weight excluding hydrogens is 338 g/mol. The molecule has 0 aliphatic carbocycles. The lowest BCUT2D eigenvalue weighted by Crippen LogP contribution is -2.18. The zero-order valence-electron chi connectivity index (χ0n) is 6.33. The predicted octanol–water partition coefficient (Wildman–Crippen LogP) is 3.98. The van der Waals surface area contributed by atoms with Crippen LogP contribution in [0.2, 0.25) is 5.02 Å². The summed E-state index contributed by atoms with van der Waals surface area (Å²) in [5.74, 6) is -1.52. The van der Waals surface area contributed by atoms with Crippen LogP contribution < -0.4 is 4.74 Å². The molecule has 0 aromatic heterocycles. The number of ether oxygens (including phenoxy) is 1. The van der Waals surface area contributed by atoms with Gasteiger partial charge in [-0.2, -0.15) is 0 Å². The molecule has 7 heteroatoms. The van der Waals surface area contributed by atoms with Crippen LogP contribution in [0.3, 0.4) is 0 Å². The van der Waals surface area contributed by atoms with Gasteiger partial charge in [0.15, 0.2) is 5.75 Å². The molecule has 0 atom stereocenters. The maximum Gasteiger partial charge on any atom is 0.573 e. The SMILES string of the molecule is Fc1ccc(Cl)c(OC(F)(F)F)c1I. The van der Waals surface area contributed by atoms with Crippen molar-refractivity contribution >= 4 is 34.2 Å². The number of rotatable bonds is 1. The minimum atomic E-state index is -4.88. The minimum absolute atomic E-state index is 0.284. The van der Waals surface area contributed by atoms with Crippen LogP contribution >= 0.6 is 34.2 Å². The van der Waals surface area contributed by atoms with Crippen LogP contribution in [0.4, 0.5) is 17.6 Å². The molecule has 0 aliphatic heterocycles. The lowest BCUT2D eigenvalue weighted by Gasteiger charge is -2.12. The first kappa shape index (κ1) is 11.8. The quantitative estimate of drug-likeness (QED) is 0.427. The van der Waals surface area contributed by atoms with E-state index < -0.39 is 17.9 Å². The van der Waals surface area contributed by atoms with Crippen molar-refractivity contribution in [2.75, 3.05) is 0 Å². The van der Waals surface area contributed by atoms with Crippen LogP contribution in [-0.4, -0.2) is 6.36 Å². The summed E-state index contributed by atoms with van der Waals surface area (Å²) in [6.07, 6.45) is -4.88. The van der Waals surface area contributed by atoms with Crippen LogP contribution in [0.1, 0.15) is 0 Å². The van der Waals surface area contributed by atoms with Gasteiger partial charge in [0, 0.05) is 0 Å². The zero-order chi connectivity index (χ0) is 10.9. The molecule has 1 rings (SSSR count). The summed E-state index contributed by atoms with van der Waals surface area (Å²) < 4.78 is 51.6. The molecular formula is C7H2ClF4IO. The first-order chi connectivity index (χ1) is 6.31. The van der Waals surface area contributed by atoms with Crippen molar-refractivity contribution < 1.29 is 22.3 Å². The van der Waals surface area contributed by atoms with E-state index in [1.54, 1.807) is 0 Å². The van der Waals surface area contributed by atoms with Crippen LogP contribution in [0.25, 0.3) is 0 Å². The topological polar surface area (TPSA) is 9.23 Å².